The Bertz CT molecular complexity index is 522. The minimum Gasteiger partial charge on any atom is -0.497 e. The average Bonchev–Trinajstić information content (AvgIpc) is 2.97. The van der Waals surface area contributed by atoms with Crippen molar-refractivity contribution in [2.24, 2.45) is 0 Å². The third-order valence-corrected chi connectivity index (χ3v) is 4.14. The normalized spacial score (nSPS) is 12.2. The molecule has 20 heavy (non-hydrogen) atoms. The second kappa shape index (κ2) is 7.31. The zero-order valence-corrected chi connectivity index (χ0v) is 13.0. The van der Waals surface area contributed by atoms with Crippen molar-refractivity contribution >= 4 is 11.3 Å². The van der Waals surface area contributed by atoms with Crippen molar-refractivity contribution in [2.75, 3.05) is 20.8 Å². The molecule has 0 saturated heterocycles. The maximum Gasteiger partial charge on any atom is 0.129 e. The number of methoxy groups -OCH3 is 2. The number of thiophene rings is 1. The van der Waals surface area contributed by atoms with Crippen LogP contribution >= 0.6 is 11.3 Å². The van der Waals surface area contributed by atoms with E-state index in [0.717, 1.165) is 24.5 Å². The summed E-state index contributed by atoms with van der Waals surface area (Å²) in [5, 5.41) is 5.63. The fourth-order valence-electron chi connectivity index (χ4n) is 2.06. The maximum atomic E-state index is 5.28. The van der Waals surface area contributed by atoms with Crippen LogP contribution in [0.5, 0.6) is 11.5 Å². The summed E-state index contributed by atoms with van der Waals surface area (Å²) in [5.41, 5.74) is 1.24. The van der Waals surface area contributed by atoms with Crippen LogP contribution in [0.25, 0.3) is 0 Å². The molecule has 4 heteroatoms. The largest absolute Gasteiger partial charge is 0.497 e. The van der Waals surface area contributed by atoms with E-state index in [2.05, 4.69) is 30.4 Å². The zero-order chi connectivity index (χ0) is 14.4. The SMILES string of the molecule is CCCNC(c1ccc(OC)cc1)c1cc(OC)cs1. The molecule has 0 amide bonds. The van der Waals surface area contributed by atoms with Crippen molar-refractivity contribution < 1.29 is 9.47 Å². The van der Waals surface area contributed by atoms with Crippen molar-refractivity contribution in [2.45, 2.75) is 19.4 Å². The van der Waals surface area contributed by atoms with Crippen molar-refractivity contribution in [1.82, 2.24) is 5.32 Å². The molecule has 1 aromatic carbocycles. The molecule has 108 valence electrons. The topological polar surface area (TPSA) is 30.5 Å². The van der Waals surface area contributed by atoms with Crippen LogP contribution in [0.3, 0.4) is 0 Å². The van der Waals surface area contributed by atoms with Gasteiger partial charge in [-0.1, -0.05) is 19.1 Å². The minimum absolute atomic E-state index is 0.203. The molecule has 2 aromatic rings. The fourth-order valence-corrected chi connectivity index (χ4v) is 3.02. The number of rotatable bonds is 7. The third kappa shape index (κ3) is 3.52. The van der Waals surface area contributed by atoms with E-state index in [4.69, 9.17) is 9.47 Å². The molecule has 0 radical (unpaired) electrons. The molecule has 1 unspecified atom stereocenters. The number of hydrogen-bond donors (Lipinski definition) is 1. The van der Waals surface area contributed by atoms with E-state index in [0.29, 0.717) is 0 Å². The van der Waals surface area contributed by atoms with E-state index in [1.807, 2.05) is 17.5 Å². The lowest BCUT2D eigenvalue weighted by Crippen LogP contribution is -2.22. The van der Waals surface area contributed by atoms with Gasteiger partial charge in [0.1, 0.15) is 11.5 Å². The van der Waals surface area contributed by atoms with Gasteiger partial charge in [0, 0.05) is 10.3 Å². The monoisotopic (exact) mass is 291 g/mol. The smallest absolute Gasteiger partial charge is 0.129 e. The predicted molar refractivity (Wildman–Crippen MR) is 84.0 cm³/mol. The highest BCUT2D eigenvalue weighted by atomic mass is 32.1. The zero-order valence-electron chi connectivity index (χ0n) is 12.2. The first-order valence-corrected chi connectivity index (χ1v) is 7.66. The van der Waals surface area contributed by atoms with E-state index >= 15 is 0 Å². The Morgan fingerprint density at radius 2 is 1.80 bits per heavy atom. The Morgan fingerprint density at radius 1 is 1.10 bits per heavy atom. The summed E-state index contributed by atoms with van der Waals surface area (Å²) in [5.74, 6) is 1.80. The maximum absolute atomic E-state index is 5.28. The third-order valence-electron chi connectivity index (χ3n) is 3.16. The summed E-state index contributed by atoms with van der Waals surface area (Å²) in [6, 6.07) is 10.5. The summed E-state index contributed by atoms with van der Waals surface area (Å²) in [6.45, 7) is 3.16. The van der Waals surface area contributed by atoms with E-state index in [1.54, 1.807) is 25.6 Å². The predicted octanol–water partition coefficient (Wildman–Crippen LogP) is 3.85. The highest BCUT2D eigenvalue weighted by molar-refractivity contribution is 7.10. The lowest BCUT2D eigenvalue weighted by atomic mass is 10.0. The first kappa shape index (κ1) is 14.9. The molecule has 0 spiro atoms. The van der Waals surface area contributed by atoms with Gasteiger partial charge in [-0.15, -0.1) is 11.3 Å². The van der Waals surface area contributed by atoms with Crippen molar-refractivity contribution in [3.8, 4) is 11.5 Å². The number of ether oxygens (including phenoxy) is 2. The molecular weight excluding hydrogens is 270 g/mol. The molecular formula is C16H21NO2S. The van der Waals surface area contributed by atoms with Crippen LogP contribution in [0.2, 0.25) is 0 Å². The molecule has 0 saturated carbocycles. The summed E-state index contributed by atoms with van der Waals surface area (Å²) >= 11 is 1.72. The molecule has 0 aliphatic heterocycles. The molecule has 0 fully saturated rings. The highest BCUT2D eigenvalue weighted by Crippen LogP contribution is 2.31. The van der Waals surface area contributed by atoms with Gasteiger partial charge in [-0.2, -0.15) is 0 Å². The summed E-state index contributed by atoms with van der Waals surface area (Å²) < 4.78 is 10.5. The van der Waals surface area contributed by atoms with Gasteiger partial charge in [-0.05, 0) is 36.7 Å². The van der Waals surface area contributed by atoms with E-state index in [9.17, 15) is 0 Å². The molecule has 3 nitrogen and oxygen atoms in total. The van der Waals surface area contributed by atoms with Gasteiger partial charge >= 0.3 is 0 Å². The second-order valence-corrected chi connectivity index (χ2v) is 5.49. The Balaban J connectivity index is 2.25. The van der Waals surface area contributed by atoms with Gasteiger partial charge in [0.2, 0.25) is 0 Å². The first-order chi connectivity index (χ1) is 9.78. The fraction of sp³-hybridized carbons (Fsp3) is 0.375. The molecule has 1 atom stereocenters. The first-order valence-electron chi connectivity index (χ1n) is 6.78. The average molecular weight is 291 g/mol. The van der Waals surface area contributed by atoms with Gasteiger partial charge < -0.3 is 14.8 Å². The molecule has 1 heterocycles. The van der Waals surface area contributed by atoms with Crippen LogP contribution in [0.15, 0.2) is 35.7 Å². The van der Waals surface area contributed by atoms with E-state index in [-0.39, 0.29) is 6.04 Å². The summed E-state index contributed by atoms with van der Waals surface area (Å²) in [6.07, 6.45) is 1.11. The van der Waals surface area contributed by atoms with Gasteiger partial charge in [0.05, 0.1) is 20.3 Å². The van der Waals surface area contributed by atoms with Crippen LogP contribution in [-0.4, -0.2) is 20.8 Å². The standard InChI is InChI=1S/C16H21NO2S/c1-4-9-17-16(15-10-14(19-3)11-20-15)12-5-7-13(18-2)8-6-12/h5-8,10-11,16-17H,4,9H2,1-3H3. The summed E-state index contributed by atoms with van der Waals surface area (Å²) in [4.78, 5) is 1.26. The van der Waals surface area contributed by atoms with Crippen LogP contribution in [-0.2, 0) is 0 Å². The molecule has 0 aliphatic rings. The highest BCUT2D eigenvalue weighted by Gasteiger charge is 2.16. The Morgan fingerprint density at radius 3 is 2.35 bits per heavy atom. The molecule has 0 bridgehead atoms. The molecule has 0 aliphatic carbocycles. The molecule has 2 rings (SSSR count). The number of benzene rings is 1. The number of nitrogens with one attached hydrogen (secondary N) is 1. The Hall–Kier alpha value is -1.52. The van der Waals surface area contributed by atoms with E-state index < -0.39 is 0 Å². The lowest BCUT2D eigenvalue weighted by molar-refractivity contribution is 0.414. The quantitative estimate of drug-likeness (QED) is 0.840. The number of hydrogen-bond acceptors (Lipinski definition) is 4. The van der Waals surface area contributed by atoms with Gasteiger partial charge in [0.25, 0.3) is 0 Å². The van der Waals surface area contributed by atoms with Crippen molar-refractivity contribution in [1.29, 1.82) is 0 Å². The van der Waals surface area contributed by atoms with Gasteiger partial charge in [-0.25, -0.2) is 0 Å². The van der Waals surface area contributed by atoms with Crippen LogP contribution < -0.4 is 14.8 Å². The van der Waals surface area contributed by atoms with E-state index in [1.165, 1.54) is 10.4 Å². The van der Waals surface area contributed by atoms with Gasteiger partial charge in [-0.3, -0.25) is 0 Å². The lowest BCUT2D eigenvalue weighted by Gasteiger charge is -2.18. The van der Waals surface area contributed by atoms with Crippen molar-refractivity contribution in [3.63, 3.8) is 0 Å². The molecule has 1 N–H and O–H groups in total. The minimum atomic E-state index is 0.203. The second-order valence-electron chi connectivity index (χ2n) is 4.55. The van der Waals surface area contributed by atoms with Crippen LogP contribution in [0, 0.1) is 0 Å². The van der Waals surface area contributed by atoms with Crippen LogP contribution in [0.4, 0.5) is 0 Å². The summed E-state index contributed by atoms with van der Waals surface area (Å²) in [7, 11) is 3.39. The van der Waals surface area contributed by atoms with Crippen molar-refractivity contribution in [3.05, 3.63) is 46.2 Å². The Labute approximate surface area is 124 Å². The van der Waals surface area contributed by atoms with Crippen LogP contribution in [0.1, 0.15) is 29.8 Å². The molecule has 1 aromatic heterocycles. The van der Waals surface area contributed by atoms with Gasteiger partial charge in [0.15, 0.2) is 0 Å². The Kier molecular flexibility index (Phi) is 5.44.